The van der Waals surface area contributed by atoms with Crippen LogP contribution in [0.4, 0.5) is 18.9 Å². The second-order valence-corrected chi connectivity index (χ2v) is 7.72. The van der Waals surface area contributed by atoms with Crippen molar-refractivity contribution in [2.24, 2.45) is 10.3 Å². The van der Waals surface area contributed by atoms with E-state index in [9.17, 15) is 22.8 Å². The van der Waals surface area contributed by atoms with Gasteiger partial charge in [0.05, 0.1) is 17.9 Å². The van der Waals surface area contributed by atoms with Gasteiger partial charge in [0.2, 0.25) is 11.7 Å². The summed E-state index contributed by atoms with van der Waals surface area (Å²) in [6, 6.07) is 8.99. The number of nitrogens with zero attached hydrogens (tertiary/aromatic N) is 6. The van der Waals surface area contributed by atoms with Gasteiger partial charge in [-0.15, -0.1) is 0 Å². The highest BCUT2D eigenvalue weighted by molar-refractivity contribution is 6.25. The van der Waals surface area contributed by atoms with Crippen LogP contribution in [-0.2, 0) is 22.3 Å². The fourth-order valence-corrected chi connectivity index (χ4v) is 3.88. The van der Waals surface area contributed by atoms with Gasteiger partial charge in [0.25, 0.3) is 11.8 Å². The lowest BCUT2D eigenvalue weighted by atomic mass is 10.1. The molecular weight excluding hydrogens is 469 g/mol. The molecule has 5 rings (SSSR count). The summed E-state index contributed by atoms with van der Waals surface area (Å²) in [5.41, 5.74) is -0.357. The van der Waals surface area contributed by atoms with Crippen LogP contribution >= 0.6 is 0 Å². The van der Waals surface area contributed by atoms with E-state index in [-0.39, 0.29) is 23.8 Å². The van der Waals surface area contributed by atoms with E-state index in [0.717, 1.165) is 17.0 Å². The minimum Gasteiger partial charge on any atom is -0.494 e. The first-order valence-corrected chi connectivity index (χ1v) is 10.5. The molecule has 0 unspecified atom stereocenters. The summed E-state index contributed by atoms with van der Waals surface area (Å²) >= 11 is 0. The summed E-state index contributed by atoms with van der Waals surface area (Å²) in [7, 11) is 0. The van der Waals surface area contributed by atoms with Gasteiger partial charge in [0, 0.05) is 5.56 Å². The third-order valence-electron chi connectivity index (χ3n) is 5.48. The van der Waals surface area contributed by atoms with E-state index in [1.54, 1.807) is 24.3 Å². The molecule has 180 valence electrons. The van der Waals surface area contributed by atoms with E-state index in [0.29, 0.717) is 18.0 Å². The number of anilines is 1. The zero-order chi connectivity index (χ0) is 24.7. The van der Waals surface area contributed by atoms with Gasteiger partial charge in [-0.3, -0.25) is 14.6 Å². The van der Waals surface area contributed by atoms with E-state index in [2.05, 4.69) is 20.5 Å². The fourth-order valence-electron chi connectivity index (χ4n) is 3.88. The van der Waals surface area contributed by atoms with Gasteiger partial charge < -0.3 is 9.26 Å². The van der Waals surface area contributed by atoms with Crippen LogP contribution in [0.25, 0.3) is 11.4 Å². The van der Waals surface area contributed by atoms with Gasteiger partial charge in [-0.2, -0.15) is 23.3 Å². The summed E-state index contributed by atoms with van der Waals surface area (Å²) < 4.78 is 49.5. The smallest absolute Gasteiger partial charge is 0.416 e. The molecule has 13 heteroatoms. The molecule has 2 aliphatic heterocycles. The van der Waals surface area contributed by atoms with Crippen LogP contribution in [-0.4, -0.2) is 45.7 Å². The molecule has 2 amide bonds. The summed E-state index contributed by atoms with van der Waals surface area (Å²) in [5, 5.41) is 12.8. The number of alkyl halides is 3. The Morgan fingerprint density at radius 1 is 1.09 bits per heavy atom. The lowest BCUT2D eigenvalue weighted by molar-refractivity contribution is -0.137. The molecule has 1 saturated heterocycles. The number of aromatic nitrogens is 2. The van der Waals surface area contributed by atoms with Crippen molar-refractivity contribution in [2.75, 3.05) is 11.5 Å². The number of imide groups is 1. The average molecular weight is 486 g/mol. The van der Waals surface area contributed by atoms with Gasteiger partial charge in [0.15, 0.2) is 12.1 Å². The maximum absolute atomic E-state index is 13.1. The van der Waals surface area contributed by atoms with Crippen LogP contribution in [0.5, 0.6) is 5.75 Å². The molecule has 0 saturated carbocycles. The lowest BCUT2D eigenvalue weighted by Crippen LogP contribution is -2.39. The molecule has 3 aromatic rings. The third-order valence-corrected chi connectivity index (χ3v) is 5.48. The summed E-state index contributed by atoms with van der Waals surface area (Å²) in [4.78, 5) is 31.1. The maximum atomic E-state index is 13.1. The van der Waals surface area contributed by atoms with Crippen LogP contribution in [0, 0.1) is 0 Å². The molecule has 35 heavy (non-hydrogen) atoms. The highest BCUT2D eigenvalue weighted by Crippen LogP contribution is 2.34. The molecule has 0 spiro atoms. The standard InChI is InChI=1S/C22H17F3N6O4/c1-2-34-15-8-6-14(7-9-15)31-20(32)17-18(21(31)33)30(29-27-17)11-16-26-19(28-35-16)12-4-3-5-13(10-12)22(23,24)25/h3-10,17-18H,2,11H2,1H3/t17-,18-/m1/s1. The first-order valence-electron chi connectivity index (χ1n) is 10.5. The number of ether oxygens (including phenoxy) is 1. The zero-order valence-corrected chi connectivity index (χ0v) is 18.1. The first-order chi connectivity index (χ1) is 16.8. The van der Waals surface area contributed by atoms with Crippen molar-refractivity contribution in [2.45, 2.75) is 31.7 Å². The van der Waals surface area contributed by atoms with Crippen molar-refractivity contribution < 1.29 is 32.0 Å². The average Bonchev–Trinajstić information content (AvgIpc) is 3.53. The maximum Gasteiger partial charge on any atom is 0.416 e. The molecule has 10 nitrogen and oxygen atoms in total. The van der Waals surface area contributed by atoms with Crippen LogP contribution in [0.3, 0.4) is 0 Å². The molecule has 0 bridgehead atoms. The zero-order valence-electron chi connectivity index (χ0n) is 18.1. The normalized spacial score (nSPS) is 19.5. The number of amides is 2. The highest BCUT2D eigenvalue weighted by Gasteiger charge is 2.55. The predicted molar refractivity (Wildman–Crippen MR) is 113 cm³/mol. The third kappa shape index (κ3) is 4.09. The molecule has 2 atom stereocenters. The van der Waals surface area contributed by atoms with Gasteiger partial charge in [-0.25, -0.2) is 4.90 Å². The monoisotopic (exact) mass is 486 g/mol. The van der Waals surface area contributed by atoms with E-state index < -0.39 is 35.6 Å². The second-order valence-electron chi connectivity index (χ2n) is 7.72. The minimum absolute atomic E-state index is 0.00298. The Bertz CT molecular complexity index is 1310. The van der Waals surface area contributed by atoms with Crippen LogP contribution in [0.2, 0.25) is 0 Å². The highest BCUT2D eigenvalue weighted by atomic mass is 19.4. The molecular formula is C22H17F3N6O4. The van der Waals surface area contributed by atoms with Crippen molar-refractivity contribution in [3.63, 3.8) is 0 Å². The minimum atomic E-state index is -4.52. The number of carbonyl (C=O) groups excluding carboxylic acids is 2. The number of fused-ring (bicyclic) bond motifs is 1. The summed E-state index contributed by atoms with van der Waals surface area (Å²) in [6.07, 6.45) is -4.52. The lowest BCUT2D eigenvalue weighted by Gasteiger charge is -2.19. The quantitative estimate of drug-likeness (QED) is 0.489. The van der Waals surface area contributed by atoms with Crippen molar-refractivity contribution >= 4 is 17.5 Å². The Kier molecular flexibility index (Phi) is 5.46. The summed E-state index contributed by atoms with van der Waals surface area (Å²) in [6.45, 7) is 2.16. The largest absolute Gasteiger partial charge is 0.494 e. The van der Waals surface area contributed by atoms with Gasteiger partial charge in [-0.1, -0.05) is 22.5 Å². The predicted octanol–water partition coefficient (Wildman–Crippen LogP) is 3.65. The van der Waals surface area contributed by atoms with E-state index in [4.69, 9.17) is 9.26 Å². The fraction of sp³-hybridized carbons (Fsp3) is 0.273. The van der Waals surface area contributed by atoms with Crippen molar-refractivity contribution in [1.82, 2.24) is 15.1 Å². The Balaban J connectivity index is 1.33. The Hall–Kier alpha value is -4.29. The number of hydrogen-bond acceptors (Lipinski definition) is 9. The van der Waals surface area contributed by atoms with E-state index >= 15 is 0 Å². The Morgan fingerprint density at radius 3 is 2.57 bits per heavy atom. The number of carbonyl (C=O) groups is 2. The van der Waals surface area contributed by atoms with E-state index in [1.807, 2.05) is 6.92 Å². The molecule has 0 N–H and O–H groups in total. The van der Waals surface area contributed by atoms with Crippen LogP contribution in [0.15, 0.2) is 63.4 Å². The second kappa shape index (κ2) is 8.49. The van der Waals surface area contributed by atoms with Crippen molar-refractivity contribution in [3.8, 4) is 17.1 Å². The molecule has 1 fully saturated rings. The topological polar surface area (TPSA) is 113 Å². The number of benzene rings is 2. The van der Waals surface area contributed by atoms with Crippen molar-refractivity contribution in [1.29, 1.82) is 0 Å². The first kappa shape index (κ1) is 22.5. The molecule has 2 aromatic carbocycles. The van der Waals surface area contributed by atoms with Crippen LogP contribution < -0.4 is 9.64 Å². The van der Waals surface area contributed by atoms with E-state index in [1.165, 1.54) is 17.1 Å². The van der Waals surface area contributed by atoms with Crippen molar-refractivity contribution in [3.05, 3.63) is 60.0 Å². The van der Waals surface area contributed by atoms with Crippen LogP contribution in [0.1, 0.15) is 18.4 Å². The molecule has 2 aliphatic rings. The van der Waals surface area contributed by atoms with Gasteiger partial charge >= 0.3 is 6.18 Å². The molecule has 0 aliphatic carbocycles. The molecule has 1 aromatic heterocycles. The SMILES string of the molecule is CCOc1ccc(N2C(=O)[C@@H]3N=NN(Cc4nc(-c5cccc(C(F)(F)F)c5)no4)[C@H]3C2=O)cc1. The Morgan fingerprint density at radius 2 is 1.86 bits per heavy atom. The number of rotatable bonds is 6. The van der Waals surface area contributed by atoms with Gasteiger partial charge in [-0.05, 0) is 43.3 Å². The number of hydrogen-bond donors (Lipinski definition) is 0. The summed E-state index contributed by atoms with van der Waals surface area (Å²) in [5.74, 6) is -0.498. The Labute approximate surface area is 196 Å². The molecule has 0 radical (unpaired) electrons. The van der Waals surface area contributed by atoms with Gasteiger partial charge in [0.1, 0.15) is 12.3 Å². The molecule has 3 heterocycles. The number of halogens is 3.